The molecule has 88 valence electrons. The second-order valence-electron chi connectivity index (χ2n) is 3.25. The largest absolute Gasteiger partial charge is 0.492 e. The Hall–Kier alpha value is -2.30. The number of nitrogens with one attached hydrogen (secondary N) is 1. The molecule has 0 saturated carbocycles. The van der Waals surface area contributed by atoms with Crippen molar-refractivity contribution in [1.82, 2.24) is 4.98 Å². The topological polar surface area (TPSA) is 64.4 Å². The maximum Gasteiger partial charge on any atom is 0.293 e. The summed E-state index contributed by atoms with van der Waals surface area (Å²) in [5, 5.41) is 2.70. The van der Waals surface area contributed by atoms with Crippen molar-refractivity contribution < 1.29 is 13.9 Å². The molecule has 2 aromatic rings. The zero-order valence-corrected chi connectivity index (χ0v) is 9.34. The van der Waals surface area contributed by atoms with Gasteiger partial charge in [-0.1, -0.05) is 12.1 Å². The number of hydrogen-bond donors (Lipinski definition) is 1. The summed E-state index contributed by atoms with van der Waals surface area (Å²) in [7, 11) is 0. The molecule has 0 bridgehead atoms. The van der Waals surface area contributed by atoms with Crippen LogP contribution in [0.15, 0.2) is 41.3 Å². The summed E-state index contributed by atoms with van der Waals surface area (Å²) < 4.78 is 10.3. The standard InChI is InChI=1S/C12H12N2O3/c1-2-16-10-6-4-3-5-9(10)14-12(15)11-7-13-8-17-11/h3-8H,2H2,1H3,(H,14,15). The molecule has 0 radical (unpaired) electrons. The summed E-state index contributed by atoms with van der Waals surface area (Å²) in [5.41, 5.74) is 0.607. The van der Waals surface area contributed by atoms with Crippen molar-refractivity contribution in [3.8, 4) is 5.75 Å². The molecule has 0 saturated heterocycles. The smallest absolute Gasteiger partial charge is 0.293 e. The Bertz CT molecular complexity index is 494. The van der Waals surface area contributed by atoms with Crippen LogP contribution in [-0.4, -0.2) is 17.5 Å². The van der Waals surface area contributed by atoms with Crippen molar-refractivity contribution in [3.05, 3.63) is 42.6 Å². The zero-order chi connectivity index (χ0) is 12.1. The molecule has 17 heavy (non-hydrogen) atoms. The van der Waals surface area contributed by atoms with E-state index in [4.69, 9.17) is 9.15 Å². The number of oxazole rings is 1. The van der Waals surface area contributed by atoms with Crippen molar-refractivity contribution in [2.75, 3.05) is 11.9 Å². The van der Waals surface area contributed by atoms with Crippen LogP contribution in [0.25, 0.3) is 0 Å². The lowest BCUT2D eigenvalue weighted by molar-refractivity contribution is 0.0996. The molecule has 5 heteroatoms. The van der Waals surface area contributed by atoms with Gasteiger partial charge in [0.2, 0.25) is 5.76 Å². The number of ether oxygens (including phenoxy) is 1. The molecule has 0 aliphatic carbocycles. The van der Waals surface area contributed by atoms with E-state index in [0.29, 0.717) is 18.0 Å². The number of carbonyl (C=O) groups is 1. The second kappa shape index (κ2) is 5.16. The average molecular weight is 232 g/mol. The second-order valence-corrected chi connectivity index (χ2v) is 3.25. The number of rotatable bonds is 4. The normalized spacial score (nSPS) is 9.94. The lowest BCUT2D eigenvalue weighted by Crippen LogP contribution is -2.12. The van der Waals surface area contributed by atoms with Crippen LogP contribution < -0.4 is 10.1 Å². The molecule has 1 heterocycles. The van der Waals surface area contributed by atoms with Gasteiger partial charge < -0.3 is 14.5 Å². The number of para-hydroxylation sites is 2. The Labute approximate surface area is 98.4 Å². The van der Waals surface area contributed by atoms with E-state index in [-0.39, 0.29) is 11.7 Å². The summed E-state index contributed by atoms with van der Waals surface area (Å²) in [5.74, 6) is 0.439. The summed E-state index contributed by atoms with van der Waals surface area (Å²) in [4.78, 5) is 15.4. The molecule has 0 aliphatic rings. The first-order valence-corrected chi connectivity index (χ1v) is 5.23. The fourth-order valence-corrected chi connectivity index (χ4v) is 1.36. The Kier molecular flexibility index (Phi) is 3.40. The number of benzene rings is 1. The van der Waals surface area contributed by atoms with Gasteiger partial charge in [0.1, 0.15) is 5.75 Å². The monoisotopic (exact) mass is 232 g/mol. The third kappa shape index (κ3) is 2.63. The van der Waals surface area contributed by atoms with Gasteiger partial charge in [-0.05, 0) is 19.1 Å². The van der Waals surface area contributed by atoms with E-state index in [2.05, 4.69) is 10.3 Å². The van der Waals surface area contributed by atoms with E-state index in [1.165, 1.54) is 12.6 Å². The third-order valence-electron chi connectivity index (χ3n) is 2.09. The minimum atomic E-state index is -0.352. The average Bonchev–Trinajstić information content (AvgIpc) is 2.85. The molecule has 0 spiro atoms. The molecule has 1 amide bonds. The van der Waals surface area contributed by atoms with Crippen LogP contribution in [0.5, 0.6) is 5.75 Å². The molecule has 0 atom stereocenters. The van der Waals surface area contributed by atoms with E-state index in [1.54, 1.807) is 12.1 Å². The number of anilines is 1. The molecule has 0 aliphatic heterocycles. The quantitative estimate of drug-likeness (QED) is 0.878. The van der Waals surface area contributed by atoms with Crippen LogP contribution in [0.1, 0.15) is 17.5 Å². The predicted molar refractivity (Wildman–Crippen MR) is 62.1 cm³/mol. The lowest BCUT2D eigenvalue weighted by atomic mass is 10.3. The highest BCUT2D eigenvalue weighted by atomic mass is 16.5. The lowest BCUT2D eigenvalue weighted by Gasteiger charge is -2.09. The van der Waals surface area contributed by atoms with Gasteiger partial charge in [0.25, 0.3) is 5.91 Å². The minimum absolute atomic E-state index is 0.163. The molecular formula is C12H12N2O3. The maximum absolute atomic E-state index is 11.7. The van der Waals surface area contributed by atoms with Gasteiger partial charge in [-0.25, -0.2) is 4.98 Å². The van der Waals surface area contributed by atoms with E-state index in [9.17, 15) is 4.79 Å². The Balaban J connectivity index is 2.15. The first kappa shape index (κ1) is 11.2. The fourth-order valence-electron chi connectivity index (χ4n) is 1.36. The Morgan fingerprint density at radius 1 is 1.47 bits per heavy atom. The van der Waals surface area contributed by atoms with Gasteiger partial charge in [0.05, 0.1) is 18.5 Å². The number of aromatic nitrogens is 1. The molecule has 5 nitrogen and oxygen atoms in total. The minimum Gasteiger partial charge on any atom is -0.492 e. The first-order valence-electron chi connectivity index (χ1n) is 5.23. The van der Waals surface area contributed by atoms with Crippen LogP contribution in [0.3, 0.4) is 0 Å². The van der Waals surface area contributed by atoms with Crippen LogP contribution in [0.4, 0.5) is 5.69 Å². The molecule has 0 unspecified atom stereocenters. The maximum atomic E-state index is 11.7. The third-order valence-corrected chi connectivity index (χ3v) is 2.09. The van der Waals surface area contributed by atoms with E-state index >= 15 is 0 Å². The van der Waals surface area contributed by atoms with Crippen LogP contribution in [0, 0.1) is 0 Å². The van der Waals surface area contributed by atoms with Crippen molar-refractivity contribution in [1.29, 1.82) is 0 Å². The Morgan fingerprint density at radius 2 is 2.29 bits per heavy atom. The highest BCUT2D eigenvalue weighted by molar-refractivity contribution is 6.02. The molecule has 1 aromatic heterocycles. The van der Waals surface area contributed by atoms with Crippen LogP contribution in [-0.2, 0) is 0 Å². The van der Waals surface area contributed by atoms with Gasteiger partial charge in [-0.2, -0.15) is 0 Å². The zero-order valence-electron chi connectivity index (χ0n) is 9.34. The van der Waals surface area contributed by atoms with Gasteiger partial charge in [-0.15, -0.1) is 0 Å². The van der Waals surface area contributed by atoms with Crippen LogP contribution >= 0.6 is 0 Å². The van der Waals surface area contributed by atoms with Gasteiger partial charge >= 0.3 is 0 Å². The predicted octanol–water partition coefficient (Wildman–Crippen LogP) is 2.33. The Morgan fingerprint density at radius 3 is 3.00 bits per heavy atom. The summed E-state index contributed by atoms with van der Waals surface area (Å²) >= 11 is 0. The fraction of sp³-hybridized carbons (Fsp3) is 0.167. The van der Waals surface area contributed by atoms with Crippen molar-refractivity contribution in [2.45, 2.75) is 6.92 Å². The summed E-state index contributed by atoms with van der Waals surface area (Å²) in [6.45, 7) is 2.42. The molecule has 2 rings (SSSR count). The van der Waals surface area contributed by atoms with Crippen molar-refractivity contribution >= 4 is 11.6 Å². The summed E-state index contributed by atoms with van der Waals surface area (Å²) in [6.07, 6.45) is 2.57. The van der Waals surface area contributed by atoms with Gasteiger partial charge in [-0.3, -0.25) is 4.79 Å². The van der Waals surface area contributed by atoms with Crippen molar-refractivity contribution in [2.24, 2.45) is 0 Å². The first-order chi connectivity index (χ1) is 8.31. The van der Waals surface area contributed by atoms with Crippen LogP contribution in [0.2, 0.25) is 0 Å². The molecular weight excluding hydrogens is 220 g/mol. The molecule has 1 aromatic carbocycles. The molecule has 0 fully saturated rings. The highest BCUT2D eigenvalue weighted by Gasteiger charge is 2.11. The number of hydrogen-bond acceptors (Lipinski definition) is 4. The van der Waals surface area contributed by atoms with E-state index in [0.717, 1.165) is 0 Å². The van der Waals surface area contributed by atoms with Gasteiger partial charge in [0, 0.05) is 0 Å². The van der Waals surface area contributed by atoms with E-state index < -0.39 is 0 Å². The number of amides is 1. The van der Waals surface area contributed by atoms with Gasteiger partial charge in [0.15, 0.2) is 6.39 Å². The SMILES string of the molecule is CCOc1ccccc1NC(=O)c1cnco1. The summed E-state index contributed by atoms with van der Waals surface area (Å²) in [6, 6.07) is 7.21. The number of nitrogens with zero attached hydrogens (tertiary/aromatic N) is 1. The van der Waals surface area contributed by atoms with Crippen molar-refractivity contribution in [3.63, 3.8) is 0 Å². The van der Waals surface area contributed by atoms with E-state index in [1.807, 2.05) is 19.1 Å². The number of carbonyl (C=O) groups excluding carboxylic acids is 1. The molecule has 1 N–H and O–H groups in total. The highest BCUT2D eigenvalue weighted by Crippen LogP contribution is 2.24.